The Labute approximate surface area is 141 Å². The van der Waals surface area contributed by atoms with E-state index in [9.17, 15) is 4.79 Å². The molecule has 4 nitrogen and oxygen atoms in total. The summed E-state index contributed by atoms with van der Waals surface area (Å²) < 4.78 is 0. The Bertz CT molecular complexity index is 688. The van der Waals surface area contributed by atoms with Crippen molar-refractivity contribution in [3.05, 3.63) is 66.0 Å². The standard InChI is InChI=1S/C18H19N3OS/c22-17(14-7-2-1-3-8-14)20-18(23)21-12-5-4-10-16(21)15-9-6-11-19-13-15/h1-3,6-9,11,13,16H,4-5,10,12H2,(H,20,22,23)/p-1/t16-/m1/s1. The first-order valence-electron chi connectivity index (χ1n) is 7.77. The predicted octanol–water partition coefficient (Wildman–Crippen LogP) is 3.35. The smallest absolute Gasteiger partial charge is 0.276 e. The van der Waals surface area contributed by atoms with Crippen LogP contribution >= 0.6 is 0 Å². The zero-order valence-corrected chi connectivity index (χ0v) is 13.6. The molecular weight excluding hydrogens is 306 g/mol. The van der Waals surface area contributed by atoms with E-state index < -0.39 is 0 Å². The van der Waals surface area contributed by atoms with Gasteiger partial charge in [0.15, 0.2) is 0 Å². The van der Waals surface area contributed by atoms with Crippen molar-refractivity contribution in [3.63, 3.8) is 0 Å². The highest BCUT2D eigenvalue weighted by atomic mass is 32.1. The first-order valence-corrected chi connectivity index (χ1v) is 8.18. The maximum Gasteiger partial charge on any atom is 0.276 e. The molecule has 0 N–H and O–H groups in total. The summed E-state index contributed by atoms with van der Waals surface area (Å²) in [6.45, 7) is 0.823. The van der Waals surface area contributed by atoms with E-state index in [1.165, 1.54) is 0 Å². The Hall–Kier alpha value is -2.27. The van der Waals surface area contributed by atoms with Crippen molar-refractivity contribution >= 4 is 23.7 Å². The average Bonchev–Trinajstić information content (AvgIpc) is 2.63. The summed E-state index contributed by atoms with van der Waals surface area (Å²) in [5, 5.41) is 0.368. The van der Waals surface area contributed by atoms with Gasteiger partial charge in [-0.25, -0.2) is 4.99 Å². The second-order valence-corrected chi connectivity index (χ2v) is 5.92. The number of carbonyl (C=O) groups excluding carboxylic acids is 1. The highest BCUT2D eigenvalue weighted by molar-refractivity contribution is 7.77. The number of aliphatic imine (C=N–C) groups is 1. The van der Waals surface area contributed by atoms with Gasteiger partial charge in [0.1, 0.15) is 0 Å². The van der Waals surface area contributed by atoms with Crippen molar-refractivity contribution < 1.29 is 4.79 Å². The molecule has 1 fully saturated rings. The first kappa shape index (κ1) is 15.6. The number of amidine groups is 1. The molecule has 1 aliphatic heterocycles. The van der Waals surface area contributed by atoms with E-state index in [1.807, 2.05) is 30.5 Å². The molecule has 118 valence electrons. The van der Waals surface area contributed by atoms with E-state index in [0.717, 1.165) is 31.4 Å². The molecule has 1 amide bonds. The van der Waals surface area contributed by atoms with Crippen LogP contribution in [0.1, 0.15) is 41.2 Å². The largest absolute Gasteiger partial charge is 0.742 e. The van der Waals surface area contributed by atoms with Crippen LogP contribution in [0.2, 0.25) is 0 Å². The Kier molecular flexibility index (Phi) is 4.98. The molecule has 2 heterocycles. The molecule has 0 spiro atoms. The molecule has 23 heavy (non-hydrogen) atoms. The van der Waals surface area contributed by atoms with Crippen LogP contribution in [0.25, 0.3) is 0 Å². The number of pyridine rings is 1. The van der Waals surface area contributed by atoms with Crippen LogP contribution < -0.4 is 0 Å². The van der Waals surface area contributed by atoms with Crippen molar-refractivity contribution in [3.8, 4) is 0 Å². The average molecular weight is 324 g/mol. The first-order chi connectivity index (χ1) is 11.3. The van der Waals surface area contributed by atoms with Crippen LogP contribution in [0.4, 0.5) is 0 Å². The van der Waals surface area contributed by atoms with Crippen molar-refractivity contribution in [1.82, 2.24) is 9.88 Å². The molecule has 0 bridgehead atoms. The Balaban J connectivity index is 1.83. The van der Waals surface area contributed by atoms with Gasteiger partial charge in [-0.2, -0.15) is 0 Å². The van der Waals surface area contributed by atoms with Gasteiger partial charge in [0, 0.05) is 24.5 Å². The highest BCUT2D eigenvalue weighted by Gasteiger charge is 2.23. The zero-order valence-electron chi connectivity index (χ0n) is 12.8. The number of hydrogen-bond donors (Lipinski definition) is 0. The van der Waals surface area contributed by atoms with Gasteiger partial charge in [0.05, 0.1) is 6.04 Å². The zero-order chi connectivity index (χ0) is 16.1. The summed E-state index contributed by atoms with van der Waals surface area (Å²) in [4.78, 5) is 22.6. The van der Waals surface area contributed by atoms with Gasteiger partial charge in [-0.05, 0) is 48.2 Å². The lowest BCUT2D eigenvalue weighted by atomic mass is 9.97. The van der Waals surface area contributed by atoms with Crippen LogP contribution in [0.15, 0.2) is 59.9 Å². The summed E-state index contributed by atoms with van der Waals surface area (Å²) in [5.41, 5.74) is 1.68. The number of amides is 1. The molecule has 5 heteroatoms. The fourth-order valence-corrected chi connectivity index (χ4v) is 3.18. The maximum absolute atomic E-state index is 12.2. The molecule has 3 rings (SSSR count). The molecule has 0 unspecified atom stereocenters. The normalized spacial score (nSPS) is 18.7. The summed E-state index contributed by atoms with van der Waals surface area (Å²) >= 11 is 5.45. The minimum absolute atomic E-state index is 0.150. The monoisotopic (exact) mass is 324 g/mol. The lowest BCUT2D eigenvalue weighted by Crippen LogP contribution is -2.38. The molecule has 0 saturated carbocycles. The third kappa shape index (κ3) is 3.74. The summed E-state index contributed by atoms with van der Waals surface area (Å²) in [6, 6.07) is 13.2. The SMILES string of the molecule is O=C(N=C([S-])N1CCCC[C@@H]1c1cccnc1)c1ccccc1. The second kappa shape index (κ2) is 7.33. The molecular formula is C18H18N3OS-. The molecule has 0 aliphatic carbocycles. The molecule has 1 saturated heterocycles. The second-order valence-electron chi connectivity index (χ2n) is 5.56. The number of piperidine rings is 1. The number of hydrogen-bond acceptors (Lipinski definition) is 3. The summed E-state index contributed by atoms with van der Waals surface area (Å²) in [6.07, 6.45) is 6.83. The third-order valence-electron chi connectivity index (χ3n) is 4.04. The minimum Gasteiger partial charge on any atom is -0.742 e. The highest BCUT2D eigenvalue weighted by Crippen LogP contribution is 2.30. The van der Waals surface area contributed by atoms with Gasteiger partial charge in [0.2, 0.25) is 0 Å². The van der Waals surface area contributed by atoms with E-state index in [0.29, 0.717) is 10.7 Å². The van der Waals surface area contributed by atoms with Gasteiger partial charge in [-0.15, -0.1) is 0 Å². The van der Waals surface area contributed by atoms with Gasteiger partial charge < -0.3 is 17.5 Å². The molecule has 1 atom stereocenters. The number of nitrogens with zero attached hydrogens (tertiary/aromatic N) is 3. The van der Waals surface area contributed by atoms with Gasteiger partial charge >= 0.3 is 0 Å². The summed E-state index contributed by atoms with van der Waals surface area (Å²) in [7, 11) is 0. The number of carbonyl (C=O) groups is 1. The number of benzene rings is 1. The molecule has 1 aromatic heterocycles. The van der Waals surface area contributed by atoms with Crippen molar-refractivity contribution in [1.29, 1.82) is 0 Å². The van der Waals surface area contributed by atoms with E-state index in [4.69, 9.17) is 12.6 Å². The van der Waals surface area contributed by atoms with E-state index >= 15 is 0 Å². The van der Waals surface area contributed by atoms with Crippen molar-refractivity contribution in [2.24, 2.45) is 4.99 Å². The lowest BCUT2D eigenvalue weighted by Gasteiger charge is -2.41. The van der Waals surface area contributed by atoms with Crippen LogP contribution in [0.5, 0.6) is 0 Å². The number of aromatic nitrogens is 1. The van der Waals surface area contributed by atoms with Gasteiger partial charge in [-0.1, -0.05) is 24.3 Å². The fourth-order valence-electron chi connectivity index (χ4n) is 2.88. The van der Waals surface area contributed by atoms with Crippen molar-refractivity contribution in [2.75, 3.05) is 6.54 Å². The number of likely N-dealkylation sites (tertiary alicyclic amines) is 1. The van der Waals surface area contributed by atoms with Crippen LogP contribution in [-0.4, -0.2) is 27.5 Å². The Morgan fingerprint density at radius 3 is 2.74 bits per heavy atom. The van der Waals surface area contributed by atoms with Crippen molar-refractivity contribution in [2.45, 2.75) is 25.3 Å². The maximum atomic E-state index is 12.2. The van der Waals surface area contributed by atoms with Crippen LogP contribution in [0.3, 0.4) is 0 Å². The topological polar surface area (TPSA) is 45.6 Å². The van der Waals surface area contributed by atoms with Gasteiger partial charge in [-0.3, -0.25) is 9.78 Å². The minimum atomic E-state index is -0.286. The molecule has 2 aromatic rings. The third-order valence-corrected chi connectivity index (χ3v) is 4.36. The molecule has 0 radical (unpaired) electrons. The van der Waals surface area contributed by atoms with Gasteiger partial charge in [0.25, 0.3) is 5.91 Å². The Morgan fingerprint density at radius 1 is 1.17 bits per heavy atom. The fraction of sp³-hybridized carbons (Fsp3) is 0.278. The quantitative estimate of drug-likeness (QED) is 0.483. The molecule has 1 aliphatic rings. The Morgan fingerprint density at radius 2 is 2.00 bits per heavy atom. The van der Waals surface area contributed by atoms with E-state index in [1.54, 1.807) is 18.3 Å². The number of rotatable bonds is 2. The van der Waals surface area contributed by atoms with Crippen LogP contribution in [-0.2, 0) is 12.6 Å². The molecule has 1 aromatic carbocycles. The van der Waals surface area contributed by atoms with Crippen LogP contribution in [0, 0.1) is 0 Å². The van der Waals surface area contributed by atoms with E-state index in [2.05, 4.69) is 20.9 Å². The predicted molar refractivity (Wildman–Crippen MR) is 93.1 cm³/mol. The lowest BCUT2D eigenvalue weighted by molar-refractivity contribution is 0.100. The summed E-state index contributed by atoms with van der Waals surface area (Å²) in [5.74, 6) is -0.286. The van der Waals surface area contributed by atoms with E-state index in [-0.39, 0.29) is 11.9 Å².